The molecule has 0 radical (unpaired) electrons. The van der Waals surface area contributed by atoms with Crippen molar-refractivity contribution >= 4 is 23.8 Å². The lowest BCUT2D eigenvalue weighted by atomic mass is 10.1. The van der Waals surface area contributed by atoms with Gasteiger partial charge in [0.15, 0.2) is 4.77 Å². The number of hydrogen-bond donors (Lipinski definition) is 2. The van der Waals surface area contributed by atoms with E-state index in [1.807, 2.05) is 10.6 Å². The number of aromatic nitrogens is 2. The molecule has 0 fully saturated rings. The van der Waals surface area contributed by atoms with Crippen LogP contribution in [0.2, 0.25) is 5.02 Å². The van der Waals surface area contributed by atoms with Gasteiger partial charge in [0.2, 0.25) is 0 Å². The number of rotatable bonds is 5. The van der Waals surface area contributed by atoms with Crippen molar-refractivity contribution in [2.24, 2.45) is 5.73 Å². The highest BCUT2D eigenvalue weighted by atomic mass is 35.5. The van der Waals surface area contributed by atoms with Gasteiger partial charge in [-0.3, -0.25) is 9.78 Å². The molecule has 0 bridgehead atoms. The molecule has 0 aliphatic rings. The van der Waals surface area contributed by atoms with Crippen LogP contribution in [0.25, 0.3) is 11.3 Å². The van der Waals surface area contributed by atoms with E-state index >= 15 is 0 Å². The number of methoxy groups -OCH3 is 1. The highest BCUT2D eigenvalue weighted by Gasteiger charge is 2.11. The monoisotopic (exact) mass is 325 g/mol. The lowest BCUT2D eigenvalue weighted by Crippen LogP contribution is -2.16. The van der Waals surface area contributed by atoms with Gasteiger partial charge in [-0.15, -0.1) is 0 Å². The van der Waals surface area contributed by atoms with E-state index in [1.54, 1.807) is 19.2 Å². The second-order valence-electron chi connectivity index (χ2n) is 4.46. The summed E-state index contributed by atoms with van der Waals surface area (Å²) < 4.78 is 7.32. The third kappa shape index (κ3) is 3.53. The van der Waals surface area contributed by atoms with Gasteiger partial charge in [0, 0.05) is 18.2 Å². The smallest absolute Gasteiger partial charge is 0.252 e. The van der Waals surface area contributed by atoms with E-state index in [2.05, 4.69) is 4.98 Å². The minimum absolute atomic E-state index is 0.258. The molecule has 0 atom stereocenters. The maximum Gasteiger partial charge on any atom is 0.252 e. The highest BCUT2D eigenvalue weighted by Crippen LogP contribution is 2.30. The molecule has 0 saturated carbocycles. The van der Waals surface area contributed by atoms with Crippen LogP contribution in [0, 0.1) is 4.77 Å². The van der Waals surface area contributed by atoms with Gasteiger partial charge in [-0.25, -0.2) is 0 Å². The number of nitrogens with two attached hydrogens (primary N) is 1. The van der Waals surface area contributed by atoms with E-state index in [1.165, 1.54) is 6.07 Å². The van der Waals surface area contributed by atoms with Gasteiger partial charge in [0.05, 0.1) is 17.8 Å². The summed E-state index contributed by atoms with van der Waals surface area (Å²) in [6, 6.07) is 6.79. The van der Waals surface area contributed by atoms with E-state index in [4.69, 9.17) is 34.3 Å². The van der Waals surface area contributed by atoms with Gasteiger partial charge in [0.25, 0.3) is 5.56 Å². The molecule has 1 aromatic carbocycles. The number of hydrogen-bond acceptors (Lipinski definition) is 4. The van der Waals surface area contributed by atoms with Gasteiger partial charge in [-0.2, -0.15) is 0 Å². The zero-order chi connectivity index (χ0) is 15.4. The fourth-order valence-electron chi connectivity index (χ4n) is 2.05. The van der Waals surface area contributed by atoms with Gasteiger partial charge in [-0.05, 0) is 43.4 Å². The van der Waals surface area contributed by atoms with E-state index < -0.39 is 0 Å². The summed E-state index contributed by atoms with van der Waals surface area (Å²) in [6.45, 7) is 1.15. The predicted molar refractivity (Wildman–Crippen MR) is 86.6 cm³/mol. The molecular formula is C14H16ClN3O2S. The Morgan fingerprint density at radius 2 is 2.19 bits per heavy atom. The topological polar surface area (TPSA) is 73.0 Å². The van der Waals surface area contributed by atoms with Gasteiger partial charge in [-0.1, -0.05) is 11.6 Å². The Balaban J connectivity index is 2.62. The minimum atomic E-state index is -0.258. The number of halogens is 1. The third-order valence-corrected chi connectivity index (χ3v) is 3.71. The summed E-state index contributed by atoms with van der Waals surface area (Å²) in [5.74, 6) is 0.653. The van der Waals surface area contributed by atoms with Gasteiger partial charge >= 0.3 is 0 Å². The molecule has 0 saturated heterocycles. The Morgan fingerprint density at radius 3 is 2.81 bits per heavy atom. The van der Waals surface area contributed by atoms with Crippen molar-refractivity contribution < 1.29 is 4.74 Å². The van der Waals surface area contributed by atoms with Crippen molar-refractivity contribution in [3.8, 4) is 17.0 Å². The first-order chi connectivity index (χ1) is 10.1. The molecule has 0 spiro atoms. The molecule has 3 N–H and O–H groups in total. The maximum atomic E-state index is 11.7. The van der Waals surface area contributed by atoms with Crippen molar-refractivity contribution in [3.63, 3.8) is 0 Å². The number of aromatic amines is 1. The van der Waals surface area contributed by atoms with Crippen molar-refractivity contribution in [3.05, 3.63) is 44.4 Å². The maximum absolute atomic E-state index is 11.7. The molecule has 7 heteroatoms. The molecule has 0 aliphatic carbocycles. The third-order valence-electron chi connectivity index (χ3n) is 3.07. The lowest BCUT2D eigenvalue weighted by Gasteiger charge is -2.14. The molecular weight excluding hydrogens is 310 g/mol. The molecule has 21 heavy (non-hydrogen) atoms. The van der Waals surface area contributed by atoms with Crippen LogP contribution >= 0.6 is 23.8 Å². The quantitative estimate of drug-likeness (QED) is 0.829. The molecule has 112 valence electrons. The van der Waals surface area contributed by atoms with Gasteiger partial charge in [0.1, 0.15) is 5.75 Å². The van der Waals surface area contributed by atoms with E-state index in [0.29, 0.717) is 34.3 Å². The second kappa shape index (κ2) is 6.89. The fraction of sp³-hybridized carbons (Fsp3) is 0.286. The average Bonchev–Trinajstić information content (AvgIpc) is 2.45. The first-order valence-electron chi connectivity index (χ1n) is 6.45. The first-order valence-corrected chi connectivity index (χ1v) is 7.23. The number of nitrogens with one attached hydrogen (secondary N) is 1. The molecule has 1 heterocycles. The normalized spacial score (nSPS) is 10.6. The Bertz CT molecular complexity index is 755. The number of nitrogens with zero attached hydrogens (tertiary/aromatic N) is 1. The molecule has 0 aliphatic heterocycles. The molecule has 1 aromatic heterocycles. The van der Waals surface area contributed by atoms with Crippen molar-refractivity contribution in [1.82, 2.24) is 9.55 Å². The molecule has 2 rings (SSSR count). The number of benzene rings is 1. The van der Waals surface area contributed by atoms with Crippen LogP contribution in [0.15, 0.2) is 29.1 Å². The van der Waals surface area contributed by atoms with E-state index in [-0.39, 0.29) is 5.56 Å². The van der Waals surface area contributed by atoms with Crippen LogP contribution in [0.4, 0.5) is 0 Å². The fourth-order valence-corrected chi connectivity index (χ4v) is 2.60. The summed E-state index contributed by atoms with van der Waals surface area (Å²) in [6.07, 6.45) is 0.751. The number of H-pyrrole nitrogens is 1. The Kier molecular flexibility index (Phi) is 5.17. The predicted octanol–water partition coefficient (Wildman–Crippen LogP) is 2.58. The van der Waals surface area contributed by atoms with E-state index in [9.17, 15) is 4.79 Å². The second-order valence-corrected chi connectivity index (χ2v) is 5.26. The summed E-state index contributed by atoms with van der Waals surface area (Å²) in [5.41, 5.74) is 6.69. The summed E-state index contributed by atoms with van der Waals surface area (Å²) in [5, 5.41) is 0.496. The zero-order valence-electron chi connectivity index (χ0n) is 11.6. The standard InChI is InChI=1S/C14H16ClN3O2S/c1-20-9-3-4-10(11(15)7-9)12-8-13(19)17-14(21)18(12)6-2-5-16/h3-4,7-8H,2,5-6,16H2,1H3,(H,17,19,21). The molecule has 0 unspecified atom stereocenters. The van der Waals surface area contributed by atoms with Crippen LogP contribution in [0.5, 0.6) is 5.75 Å². The first kappa shape index (κ1) is 15.8. The SMILES string of the molecule is COc1ccc(-c2cc(=O)[nH]c(=S)n2CCCN)c(Cl)c1. The van der Waals surface area contributed by atoms with Crippen molar-refractivity contribution in [1.29, 1.82) is 0 Å². The van der Waals surface area contributed by atoms with Crippen LogP contribution in [-0.4, -0.2) is 23.2 Å². The summed E-state index contributed by atoms with van der Waals surface area (Å²) >= 11 is 11.5. The largest absolute Gasteiger partial charge is 0.497 e. The van der Waals surface area contributed by atoms with Crippen molar-refractivity contribution in [2.75, 3.05) is 13.7 Å². The molecule has 2 aromatic rings. The van der Waals surface area contributed by atoms with Crippen LogP contribution in [-0.2, 0) is 6.54 Å². The van der Waals surface area contributed by atoms with Crippen LogP contribution in [0.3, 0.4) is 0 Å². The molecule has 0 amide bonds. The average molecular weight is 326 g/mol. The van der Waals surface area contributed by atoms with Crippen molar-refractivity contribution in [2.45, 2.75) is 13.0 Å². The Labute approximate surface area is 132 Å². The Hall–Kier alpha value is -1.63. The molecule has 5 nitrogen and oxygen atoms in total. The van der Waals surface area contributed by atoms with Crippen LogP contribution < -0.4 is 16.0 Å². The zero-order valence-corrected chi connectivity index (χ0v) is 13.1. The highest BCUT2D eigenvalue weighted by molar-refractivity contribution is 7.71. The Morgan fingerprint density at radius 1 is 1.43 bits per heavy atom. The lowest BCUT2D eigenvalue weighted by molar-refractivity contribution is 0.415. The minimum Gasteiger partial charge on any atom is -0.497 e. The van der Waals surface area contributed by atoms with E-state index in [0.717, 1.165) is 12.0 Å². The van der Waals surface area contributed by atoms with Gasteiger partial charge < -0.3 is 15.0 Å². The number of ether oxygens (including phenoxy) is 1. The van der Waals surface area contributed by atoms with Crippen LogP contribution in [0.1, 0.15) is 6.42 Å². The summed E-state index contributed by atoms with van der Waals surface area (Å²) in [7, 11) is 1.57. The summed E-state index contributed by atoms with van der Waals surface area (Å²) in [4.78, 5) is 14.3.